The zero-order valence-electron chi connectivity index (χ0n) is 16.9. The van der Waals surface area contributed by atoms with Crippen LogP contribution in [0.25, 0.3) is 11.6 Å². The van der Waals surface area contributed by atoms with E-state index in [0.29, 0.717) is 0 Å². The first kappa shape index (κ1) is 27.7. The zero-order chi connectivity index (χ0) is 26.5. The molecule has 2 aliphatic heterocycles. The van der Waals surface area contributed by atoms with Crippen molar-refractivity contribution in [2.45, 2.75) is 30.8 Å². The molecule has 198 valence electrons. The number of hydrogen-bond donors (Lipinski definition) is 11. The minimum absolute atomic E-state index is 0.00185. The van der Waals surface area contributed by atoms with Crippen LogP contribution in [-0.2, 0) is 31.6 Å². The Kier molecular flexibility index (Phi) is 7.51. The average molecular weight is 567 g/mol. The van der Waals surface area contributed by atoms with Crippen molar-refractivity contribution in [3.05, 3.63) is 17.0 Å². The molecule has 0 aromatic carbocycles. The van der Waals surface area contributed by atoms with E-state index in [2.05, 4.69) is 28.4 Å². The van der Waals surface area contributed by atoms with Crippen molar-refractivity contribution < 1.29 is 66.5 Å². The van der Waals surface area contributed by atoms with Crippen LogP contribution in [0, 0.1) is 0 Å². The summed E-state index contributed by atoms with van der Waals surface area (Å²) in [5.74, 6) is -0.523. The lowest BCUT2D eigenvalue weighted by Gasteiger charge is -2.23. The van der Waals surface area contributed by atoms with E-state index in [1.807, 2.05) is 0 Å². The van der Waals surface area contributed by atoms with Crippen molar-refractivity contribution in [1.82, 2.24) is 14.9 Å². The van der Waals surface area contributed by atoms with Gasteiger partial charge >= 0.3 is 23.5 Å². The molecular weight excluding hydrogens is 547 g/mol. The van der Waals surface area contributed by atoms with E-state index in [4.69, 9.17) is 36.6 Å². The van der Waals surface area contributed by atoms with E-state index >= 15 is 0 Å². The van der Waals surface area contributed by atoms with Crippen LogP contribution in [0.1, 0.15) is 6.23 Å². The third-order valence-electron chi connectivity index (χ3n) is 4.28. The highest BCUT2D eigenvalue weighted by atomic mass is 31.3. The highest BCUT2D eigenvalue weighted by Crippen LogP contribution is 2.66. The minimum atomic E-state index is -5.87. The number of nitrogens with one attached hydrogen (secondary N) is 1. The van der Waals surface area contributed by atoms with Crippen LogP contribution in [0.5, 0.6) is 0 Å². The maximum atomic E-state index is 11.9. The Hall–Kier alpha value is -1.93. The Labute approximate surface area is 193 Å². The van der Waals surface area contributed by atoms with Gasteiger partial charge in [0.25, 0.3) is 0 Å². The predicted molar refractivity (Wildman–Crippen MR) is 108 cm³/mol. The summed E-state index contributed by atoms with van der Waals surface area (Å²) in [5.41, 5.74) is 17.3. The van der Waals surface area contributed by atoms with Gasteiger partial charge in [0.15, 0.2) is 18.3 Å². The van der Waals surface area contributed by atoms with Crippen molar-refractivity contribution in [1.29, 1.82) is 0 Å². The van der Waals surface area contributed by atoms with Crippen molar-refractivity contribution in [2.24, 2.45) is 22.2 Å². The number of phosphoric acid groups is 3. The van der Waals surface area contributed by atoms with Crippen LogP contribution in [0.2, 0.25) is 0 Å². The van der Waals surface area contributed by atoms with Gasteiger partial charge in [0.2, 0.25) is 5.96 Å². The van der Waals surface area contributed by atoms with Crippen molar-refractivity contribution >= 4 is 41.1 Å². The molecule has 0 bridgehead atoms. The molecule has 21 nitrogen and oxygen atoms in total. The number of nitrogens with two attached hydrogens (primary N) is 3. The Morgan fingerprint density at radius 1 is 1.06 bits per heavy atom. The molecule has 1 aromatic rings. The van der Waals surface area contributed by atoms with E-state index < -0.39 is 54.3 Å². The van der Waals surface area contributed by atoms with Gasteiger partial charge in [-0.05, 0) is 0 Å². The molecule has 3 heterocycles. The van der Waals surface area contributed by atoms with E-state index in [-0.39, 0.29) is 28.3 Å². The summed E-state index contributed by atoms with van der Waals surface area (Å²) in [4.78, 5) is 43.5. The molecule has 0 amide bonds. The topological polar surface area (TPSA) is 350 Å². The first-order valence-corrected chi connectivity index (χ1v) is 13.4. The fraction of sp³-hybridized carbons (Fsp3) is 0.455. The lowest BCUT2D eigenvalue weighted by Crippen LogP contribution is -2.44. The third-order valence-corrected chi connectivity index (χ3v) is 8.09. The molecule has 7 atom stereocenters. The zero-order valence-corrected chi connectivity index (χ0v) is 19.6. The second-order valence-electron chi connectivity index (χ2n) is 6.83. The lowest BCUT2D eigenvalue weighted by molar-refractivity contribution is -0.161. The number of ether oxygens (including phenoxy) is 1. The molecule has 4 unspecified atom stereocenters. The standard InChI is InChI=1S/C11H20N7O14P3/c12-7-2-3(8(13)17-11(14)16-7)18(1-15-2)9-5(20)4(19)6(29-9)10(21)30-34(25,26)32-35(27,28)31-33(22,23)24/h1,4-6,9-10,19-21H,12-13H2,(H,25,26)(H,27,28)(H3,14,16,17)(H2,22,23,24)/t4-,5+,6-,9?,10?/m0/s1. The number of hydrogen-bond acceptors (Lipinski definition) is 16. The summed E-state index contributed by atoms with van der Waals surface area (Å²) in [5, 5.41) is 33.3. The molecule has 14 N–H and O–H groups in total. The average Bonchev–Trinajstić information content (AvgIpc) is 3.17. The van der Waals surface area contributed by atoms with Crippen LogP contribution >= 0.6 is 23.5 Å². The number of guanidine groups is 1. The Morgan fingerprint density at radius 3 is 2.29 bits per heavy atom. The number of aliphatic hydroxyl groups is 3. The number of aliphatic hydroxyl groups excluding tert-OH is 3. The highest BCUT2D eigenvalue weighted by Gasteiger charge is 2.50. The van der Waals surface area contributed by atoms with Gasteiger partial charge in [-0.15, -0.1) is 0 Å². The van der Waals surface area contributed by atoms with Gasteiger partial charge in [-0.25, -0.2) is 18.7 Å². The molecule has 0 aliphatic carbocycles. The van der Waals surface area contributed by atoms with Crippen LogP contribution in [0.4, 0.5) is 0 Å². The SMILES string of the molecule is NC1=NC(N)=c2ncn(C3O[C@H](C(O)OP(=O)(O)OP(=O)(O)OP(=O)(O)O)[C@@H](O)[C@H]3O)c2=C(N)N1. The number of aliphatic imine (C=N–C) groups is 1. The van der Waals surface area contributed by atoms with Gasteiger partial charge < -0.3 is 62.1 Å². The van der Waals surface area contributed by atoms with E-state index in [1.165, 1.54) is 0 Å². The maximum absolute atomic E-state index is 11.9. The van der Waals surface area contributed by atoms with Crippen LogP contribution in [-0.4, -0.2) is 75.0 Å². The molecule has 3 rings (SSSR count). The molecule has 2 aliphatic rings. The van der Waals surface area contributed by atoms with Crippen molar-refractivity contribution in [3.8, 4) is 0 Å². The second-order valence-corrected chi connectivity index (χ2v) is 11.2. The molecule has 0 saturated carbocycles. The monoisotopic (exact) mass is 567 g/mol. The minimum Gasteiger partial charge on any atom is -0.387 e. The highest BCUT2D eigenvalue weighted by molar-refractivity contribution is 7.66. The summed E-state index contributed by atoms with van der Waals surface area (Å²) in [7, 11) is -17.3. The molecule has 1 aromatic heterocycles. The normalized spacial score (nSPS) is 29.4. The molecular formula is C11H20N7O14P3. The molecule has 0 radical (unpaired) electrons. The summed E-state index contributed by atoms with van der Waals surface area (Å²) < 4.78 is 51.6. The van der Waals surface area contributed by atoms with Crippen LogP contribution in [0.15, 0.2) is 11.3 Å². The predicted octanol–water partition coefficient (Wildman–Crippen LogP) is -5.87. The number of fused-ring (bicyclic) bond motifs is 1. The van der Waals surface area contributed by atoms with Gasteiger partial charge in [0, 0.05) is 0 Å². The van der Waals surface area contributed by atoms with E-state index in [9.17, 15) is 33.9 Å². The van der Waals surface area contributed by atoms with Gasteiger partial charge in [-0.1, -0.05) is 0 Å². The van der Waals surface area contributed by atoms with E-state index in [0.717, 1.165) is 10.9 Å². The third kappa shape index (κ3) is 6.26. The largest absolute Gasteiger partial charge is 0.490 e. The first-order valence-electron chi connectivity index (χ1n) is 8.86. The molecule has 0 spiro atoms. The van der Waals surface area contributed by atoms with Crippen molar-refractivity contribution in [3.63, 3.8) is 0 Å². The first-order chi connectivity index (χ1) is 15.9. The van der Waals surface area contributed by atoms with Gasteiger partial charge in [0.1, 0.15) is 34.8 Å². The molecule has 24 heteroatoms. The summed E-state index contributed by atoms with van der Waals surface area (Å²) in [6.45, 7) is 0. The number of imidazole rings is 1. The fourth-order valence-corrected chi connectivity index (χ4v) is 6.12. The lowest BCUT2D eigenvalue weighted by atomic mass is 10.1. The fourth-order valence-electron chi connectivity index (χ4n) is 3.06. The van der Waals surface area contributed by atoms with Gasteiger partial charge in [-0.2, -0.15) is 13.6 Å². The van der Waals surface area contributed by atoms with Crippen molar-refractivity contribution in [2.75, 3.05) is 0 Å². The quantitative estimate of drug-likeness (QED) is 0.103. The van der Waals surface area contributed by atoms with Crippen LogP contribution < -0.4 is 33.2 Å². The number of phosphoric ester groups is 1. The van der Waals surface area contributed by atoms with E-state index in [1.54, 1.807) is 0 Å². The van der Waals surface area contributed by atoms with Crippen LogP contribution in [0.3, 0.4) is 0 Å². The second kappa shape index (κ2) is 9.51. The molecule has 1 saturated heterocycles. The molecule has 35 heavy (non-hydrogen) atoms. The Bertz CT molecular complexity index is 1290. The summed E-state index contributed by atoms with van der Waals surface area (Å²) >= 11 is 0. The van der Waals surface area contributed by atoms with Gasteiger partial charge in [0.05, 0.1) is 6.33 Å². The number of aromatic nitrogens is 2. The number of rotatable bonds is 8. The summed E-state index contributed by atoms with van der Waals surface area (Å²) in [6, 6.07) is 0. The number of nitrogens with zero attached hydrogens (tertiary/aromatic N) is 3. The maximum Gasteiger partial charge on any atom is 0.490 e. The Balaban J connectivity index is 1.83. The smallest absolute Gasteiger partial charge is 0.387 e. The molecule has 1 fully saturated rings. The summed E-state index contributed by atoms with van der Waals surface area (Å²) in [6.07, 6.45) is -8.98. The Morgan fingerprint density at radius 2 is 1.69 bits per heavy atom. The van der Waals surface area contributed by atoms with Gasteiger partial charge in [-0.3, -0.25) is 9.09 Å².